The van der Waals surface area contributed by atoms with Crippen LogP contribution in [-0.4, -0.2) is 19.1 Å². The Hall–Kier alpha value is -2.20. The highest BCUT2D eigenvalue weighted by Crippen LogP contribution is 2.17. The summed E-state index contributed by atoms with van der Waals surface area (Å²) in [5.74, 6) is 0.673. The number of rotatable bonds is 7. The van der Waals surface area contributed by atoms with Crippen molar-refractivity contribution in [1.82, 2.24) is 0 Å². The second-order valence-electron chi connectivity index (χ2n) is 4.78. The van der Waals surface area contributed by atoms with Gasteiger partial charge in [0.2, 0.25) is 5.91 Å². The number of halogens is 1. The predicted octanol–water partition coefficient (Wildman–Crippen LogP) is 4.18. The summed E-state index contributed by atoms with van der Waals surface area (Å²) >= 11 is 5.80. The minimum absolute atomic E-state index is 0.123. The molecule has 0 spiro atoms. The Labute approximate surface area is 135 Å². The lowest BCUT2D eigenvalue weighted by Gasteiger charge is -2.10. The molecule has 0 aromatic heterocycles. The molecule has 0 aliphatic rings. The van der Waals surface area contributed by atoms with Crippen LogP contribution in [0.1, 0.15) is 13.3 Å². The van der Waals surface area contributed by atoms with Gasteiger partial charge in [-0.1, -0.05) is 24.6 Å². The molecule has 5 heteroatoms. The lowest BCUT2D eigenvalue weighted by atomic mass is 10.3. The number of amides is 1. The van der Waals surface area contributed by atoms with Crippen molar-refractivity contribution < 1.29 is 9.53 Å². The van der Waals surface area contributed by atoms with Crippen molar-refractivity contribution in [2.45, 2.75) is 13.3 Å². The molecule has 1 amide bonds. The average molecular weight is 319 g/mol. The highest BCUT2D eigenvalue weighted by molar-refractivity contribution is 6.30. The number of carbonyl (C=O) groups is 1. The molecule has 0 heterocycles. The van der Waals surface area contributed by atoms with Gasteiger partial charge in [-0.3, -0.25) is 4.79 Å². The van der Waals surface area contributed by atoms with Crippen molar-refractivity contribution in [3.8, 4) is 5.75 Å². The minimum atomic E-state index is -0.123. The Kier molecular flexibility index (Phi) is 6.10. The van der Waals surface area contributed by atoms with Gasteiger partial charge in [0.1, 0.15) is 5.75 Å². The van der Waals surface area contributed by atoms with Crippen LogP contribution in [0.4, 0.5) is 11.4 Å². The zero-order valence-electron chi connectivity index (χ0n) is 12.4. The number of ether oxygens (including phenoxy) is 1. The van der Waals surface area contributed by atoms with Crippen molar-refractivity contribution in [3.05, 3.63) is 53.6 Å². The Morgan fingerprint density at radius 3 is 2.64 bits per heavy atom. The topological polar surface area (TPSA) is 50.4 Å². The lowest BCUT2D eigenvalue weighted by molar-refractivity contribution is -0.114. The van der Waals surface area contributed by atoms with Gasteiger partial charge in [0.25, 0.3) is 0 Å². The molecule has 0 bridgehead atoms. The van der Waals surface area contributed by atoms with E-state index in [4.69, 9.17) is 16.3 Å². The predicted molar refractivity (Wildman–Crippen MR) is 90.8 cm³/mol. The van der Waals surface area contributed by atoms with E-state index < -0.39 is 0 Å². The van der Waals surface area contributed by atoms with Crippen LogP contribution in [-0.2, 0) is 4.79 Å². The summed E-state index contributed by atoms with van der Waals surface area (Å²) in [6.45, 7) is 2.92. The maximum absolute atomic E-state index is 11.9. The SMILES string of the molecule is CCCOc1cccc(NCC(=O)Nc2ccc(Cl)cc2)c1. The standard InChI is InChI=1S/C17H19ClN2O2/c1-2-10-22-16-5-3-4-15(11-16)19-12-17(21)20-14-8-6-13(18)7-9-14/h3-9,11,19H,2,10,12H2,1H3,(H,20,21). The van der Waals surface area contributed by atoms with Crippen LogP contribution in [0, 0.1) is 0 Å². The van der Waals surface area contributed by atoms with E-state index >= 15 is 0 Å². The summed E-state index contributed by atoms with van der Waals surface area (Å²) in [6.07, 6.45) is 0.959. The quantitative estimate of drug-likeness (QED) is 0.805. The summed E-state index contributed by atoms with van der Waals surface area (Å²) in [7, 11) is 0. The third-order valence-electron chi connectivity index (χ3n) is 2.89. The Bertz CT molecular complexity index is 614. The number of hydrogen-bond donors (Lipinski definition) is 2. The molecule has 116 valence electrons. The Balaban J connectivity index is 1.84. The summed E-state index contributed by atoms with van der Waals surface area (Å²) in [6, 6.07) is 14.6. The van der Waals surface area contributed by atoms with E-state index in [-0.39, 0.29) is 12.5 Å². The fourth-order valence-corrected chi connectivity index (χ4v) is 1.96. The first kappa shape index (κ1) is 16.2. The molecule has 22 heavy (non-hydrogen) atoms. The second kappa shape index (κ2) is 8.29. The van der Waals surface area contributed by atoms with E-state index in [1.54, 1.807) is 24.3 Å². The number of carbonyl (C=O) groups excluding carboxylic acids is 1. The number of nitrogens with one attached hydrogen (secondary N) is 2. The van der Waals surface area contributed by atoms with Crippen LogP contribution < -0.4 is 15.4 Å². The van der Waals surface area contributed by atoms with Crippen LogP contribution in [0.25, 0.3) is 0 Å². The van der Waals surface area contributed by atoms with Crippen molar-refractivity contribution in [2.24, 2.45) is 0 Å². The summed E-state index contributed by atoms with van der Waals surface area (Å²) in [5, 5.41) is 6.51. The van der Waals surface area contributed by atoms with Gasteiger partial charge in [-0.25, -0.2) is 0 Å². The first-order valence-electron chi connectivity index (χ1n) is 7.19. The summed E-state index contributed by atoms with van der Waals surface area (Å²) < 4.78 is 5.56. The highest BCUT2D eigenvalue weighted by Gasteiger charge is 2.03. The first-order valence-corrected chi connectivity index (χ1v) is 7.57. The van der Waals surface area contributed by atoms with Crippen molar-refractivity contribution >= 4 is 28.9 Å². The van der Waals surface area contributed by atoms with Crippen molar-refractivity contribution in [1.29, 1.82) is 0 Å². The van der Waals surface area contributed by atoms with Gasteiger partial charge in [0.15, 0.2) is 0 Å². The Morgan fingerprint density at radius 2 is 1.91 bits per heavy atom. The molecule has 0 radical (unpaired) electrons. The number of hydrogen-bond acceptors (Lipinski definition) is 3. The van der Waals surface area contributed by atoms with Crippen LogP contribution in [0.5, 0.6) is 5.75 Å². The maximum Gasteiger partial charge on any atom is 0.243 e. The highest BCUT2D eigenvalue weighted by atomic mass is 35.5. The number of anilines is 2. The molecule has 0 saturated heterocycles. The summed E-state index contributed by atoms with van der Waals surface area (Å²) in [5.41, 5.74) is 1.57. The van der Waals surface area contributed by atoms with Gasteiger partial charge in [0.05, 0.1) is 13.2 Å². The van der Waals surface area contributed by atoms with Gasteiger partial charge in [-0.15, -0.1) is 0 Å². The fourth-order valence-electron chi connectivity index (χ4n) is 1.84. The molecule has 0 fully saturated rings. The largest absolute Gasteiger partial charge is 0.494 e. The molecule has 0 aliphatic heterocycles. The van der Waals surface area contributed by atoms with Crippen LogP contribution in [0.3, 0.4) is 0 Å². The molecule has 0 saturated carbocycles. The third kappa shape index (κ3) is 5.30. The molecule has 2 aromatic carbocycles. The van der Waals surface area contributed by atoms with Gasteiger partial charge < -0.3 is 15.4 Å². The van der Waals surface area contributed by atoms with Crippen LogP contribution >= 0.6 is 11.6 Å². The lowest BCUT2D eigenvalue weighted by Crippen LogP contribution is -2.21. The normalized spacial score (nSPS) is 10.1. The van der Waals surface area contributed by atoms with Crippen LogP contribution in [0.2, 0.25) is 5.02 Å². The van der Waals surface area contributed by atoms with Gasteiger partial charge in [-0.2, -0.15) is 0 Å². The van der Waals surface area contributed by atoms with E-state index in [1.807, 2.05) is 24.3 Å². The molecule has 2 rings (SSSR count). The summed E-state index contributed by atoms with van der Waals surface area (Å²) in [4.78, 5) is 11.9. The molecule has 0 unspecified atom stereocenters. The van der Waals surface area contributed by atoms with E-state index in [2.05, 4.69) is 17.6 Å². The molecule has 4 nitrogen and oxygen atoms in total. The Morgan fingerprint density at radius 1 is 1.14 bits per heavy atom. The molecular formula is C17H19ClN2O2. The molecule has 0 aliphatic carbocycles. The zero-order valence-corrected chi connectivity index (χ0v) is 13.2. The molecular weight excluding hydrogens is 300 g/mol. The van der Waals surface area contributed by atoms with E-state index in [0.29, 0.717) is 11.6 Å². The van der Waals surface area contributed by atoms with Gasteiger partial charge in [0, 0.05) is 22.5 Å². The maximum atomic E-state index is 11.9. The van der Waals surface area contributed by atoms with Crippen molar-refractivity contribution in [3.63, 3.8) is 0 Å². The van der Waals surface area contributed by atoms with Gasteiger partial charge in [-0.05, 0) is 42.8 Å². The van der Waals surface area contributed by atoms with Crippen LogP contribution in [0.15, 0.2) is 48.5 Å². The first-order chi connectivity index (χ1) is 10.7. The smallest absolute Gasteiger partial charge is 0.243 e. The van der Waals surface area contributed by atoms with E-state index in [1.165, 1.54) is 0 Å². The average Bonchev–Trinajstić information content (AvgIpc) is 2.53. The van der Waals surface area contributed by atoms with Crippen molar-refractivity contribution in [2.75, 3.05) is 23.8 Å². The third-order valence-corrected chi connectivity index (χ3v) is 3.14. The zero-order chi connectivity index (χ0) is 15.8. The molecule has 2 aromatic rings. The van der Waals surface area contributed by atoms with E-state index in [9.17, 15) is 4.79 Å². The minimum Gasteiger partial charge on any atom is -0.494 e. The second-order valence-corrected chi connectivity index (χ2v) is 5.22. The molecule has 2 N–H and O–H groups in total. The fraction of sp³-hybridized carbons (Fsp3) is 0.235. The number of benzene rings is 2. The molecule has 0 atom stereocenters. The van der Waals surface area contributed by atoms with Gasteiger partial charge >= 0.3 is 0 Å². The van der Waals surface area contributed by atoms with E-state index in [0.717, 1.165) is 23.5 Å². The monoisotopic (exact) mass is 318 g/mol.